The number of aromatic nitrogens is 1. The van der Waals surface area contributed by atoms with Gasteiger partial charge in [0.15, 0.2) is 6.29 Å². The fraction of sp³-hybridized carbons (Fsp3) is 0.410. The molecule has 9 atom stereocenters. The summed E-state index contributed by atoms with van der Waals surface area (Å²) in [7, 11) is 0. The lowest BCUT2D eigenvalue weighted by Gasteiger charge is -2.67. The molecule has 248 valence electrons. The minimum atomic E-state index is -1.24. The van der Waals surface area contributed by atoms with Crippen molar-refractivity contribution in [3.05, 3.63) is 118 Å². The molecule has 2 aliphatic heterocycles. The first-order chi connectivity index (χ1) is 23.1. The van der Waals surface area contributed by atoms with Crippen molar-refractivity contribution in [1.82, 2.24) is 4.98 Å². The van der Waals surface area contributed by atoms with Crippen LogP contribution in [0.3, 0.4) is 0 Å². The third-order valence-electron chi connectivity index (χ3n) is 11.7. The lowest BCUT2D eigenvalue weighted by Crippen LogP contribution is -2.71. The van der Waals surface area contributed by atoms with Crippen LogP contribution in [0, 0.1) is 22.7 Å². The highest BCUT2D eigenvalue weighted by molar-refractivity contribution is 5.89. The average molecular weight is 650 g/mol. The van der Waals surface area contributed by atoms with E-state index in [9.17, 15) is 14.7 Å². The Morgan fingerprint density at radius 1 is 0.979 bits per heavy atom. The second-order valence-corrected chi connectivity index (χ2v) is 14.4. The minimum Gasteiger partial charge on any atom is -0.482 e. The zero-order valence-corrected chi connectivity index (χ0v) is 27.2. The Labute approximate surface area is 278 Å². The van der Waals surface area contributed by atoms with Gasteiger partial charge in [0.2, 0.25) is 0 Å². The molecule has 48 heavy (non-hydrogen) atoms. The van der Waals surface area contributed by atoms with E-state index in [2.05, 4.69) is 18.8 Å². The molecular formula is C39H39NO8. The molecule has 9 nitrogen and oxygen atoms in total. The Balaban J connectivity index is 1.21. The van der Waals surface area contributed by atoms with E-state index < -0.39 is 52.4 Å². The molecule has 4 aliphatic rings. The molecule has 4 aromatic rings. The van der Waals surface area contributed by atoms with Crippen molar-refractivity contribution in [2.45, 2.75) is 70.2 Å². The Morgan fingerprint density at radius 2 is 1.73 bits per heavy atom. The molecule has 1 N–H and O–H groups in total. The molecule has 0 bridgehead atoms. The summed E-state index contributed by atoms with van der Waals surface area (Å²) in [6.07, 6.45) is 2.49. The summed E-state index contributed by atoms with van der Waals surface area (Å²) in [5.41, 5.74) is -0.822. The molecule has 9 heteroatoms. The topological polar surface area (TPSA) is 117 Å². The predicted molar refractivity (Wildman–Crippen MR) is 175 cm³/mol. The number of aliphatic hydroxyl groups is 1. The van der Waals surface area contributed by atoms with Crippen LogP contribution in [0.5, 0.6) is 5.75 Å². The molecule has 0 unspecified atom stereocenters. The molecule has 2 aromatic carbocycles. The molecule has 8 rings (SSSR count). The van der Waals surface area contributed by atoms with E-state index in [1.54, 1.807) is 54.9 Å². The SMILES string of the molecule is C[C@@]12CO[C@@H](c3ccccc3)O[C@H]1CC[C@@]1(C)[C@H]2C[C@H](OC(=O)c2ccccc2)[C@@]2(C)Oc3cc(-c4cccnc4)oc(=O)c3[C@H](O)[C@H]12. The highest BCUT2D eigenvalue weighted by Gasteiger charge is 2.71. The number of fused-ring (bicyclic) bond motifs is 6. The van der Waals surface area contributed by atoms with E-state index in [1.807, 2.05) is 43.3 Å². The van der Waals surface area contributed by atoms with Gasteiger partial charge in [-0.25, -0.2) is 9.59 Å². The third kappa shape index (κ3) is 4.74. The van der Waals surface area contributed by atoms with Gasteiger partial charge in [-0.3, -0.25) is 4.98 Å². The predicted octanol–water partition coefficient (Wildman–Crippen LogP) is 6.67. The van der Waals surface area contributed by atoms with Crippen molar-refractivity contribution in [3.63, 3.8) is 0 Å². The number of hydrogen-bond acceptors (Lipinski definition) is 9. The molecule has 1 saturated heterocycles. The molecule has 3 fully saturated rings. The van der Waals surface area contributed by atoms with Crippen LogP contribution in [0.25, 0.3) is 11.3 Å². The fourth-order valence-electron chi connectivity index (χ4n) is 9.41. The summed E-state index contributed by atoms with van der Waals surface area (Å²) >= 11 is 0. The molecule has 0 amide bonds. The summed E-state index contributed by atoms with van der Waals surface area (Å²) in [5.74, 6) is -0.727. The number of carbonyl (C=O) groups is 1. The van der Waals surface area contributed by atoms with Crippen LogP contribution in [0.15, 0.2) is 100 Å². The van der Waals surface area contributed by atoms with Gasteiger partial charge in [0.05, 0.1) is 24.4 Å². The Bertz CT molecular complexity index is 1880. The van der Waals surface area contributed by atoms with E-state index in [0.717, 1.165) is 12.0 Å². The van der Waals surface area contributed by atoms with Gasteiger partial charge >= 0.3 is 11.6 Å². The van der Waals surface area contributed by atoms with Gasteiger partial charge in [-0.2, -0.15) is 0 Å². The van der Waals surface area contributed by atoms with E-state index in [0.29, 0.717) is 30.6 Å². The lowest BCUT2D eigenvalue weighted by atomic mass is 9.42. The van der Waals surface area contributed by atoms with Gasteiger partial charge in [0.1, 0.15) is 28.8 Å². The number of carbonyl (C=O) groups excluding carboxylic acids is 1. The maximum atomic E-state index is 13.7. The summed E-state index contributed by atoms with van der Waals surface area (Å²) in [5, 5.41) is 12.4. The number of benzene rings is 2. The van der Waals surface area contributed by atoms with Gasteiger partial charge in [-0.1, -0.05) is 62.4 Å². The average Bonchev–Trinajstić information content (AvgIpc) is 3.09. The van der Waals surface area contributed by atoms with Gasteiger partial charge in [0, 0.05) is 40.9 Å². The number of nitrogens with zero attached hydrogens (tertiary/aromatic N) is 1. The van der Waals surface area contributed by atoms with Crippen LogP contribution in [0.4, 0.5) is 0 Å². The summed E-state index contributed by atoms with van der Waals surface area (Å²) < 4.78 is 32.1. The summed E-state index contributed by atoms with van der Waals surface area (Å²) in [6.45, 7) is 6.67. The Hall–Kier alpha value is -4.31. The summed E-state index contributed by atoms with van der Waals surface area (Å²) in [6, 6.07) is 24.0. The zero-order chi connectivity index (χ0) is 33.3. The van der Waals surface area contributed by atoms with Gasteiger partial charge in [0.25, 0.3) is 0 Å². The number of rotatable bonds is 4. The van der Waals surface area contributed by atoms with Crippen molar-refractivity contribution in [1.29, 1.82) is 0 Å². The number of ether oxygens (including phenoxy) is 4. The minimum absolute atomic E-state index is 0.0766. The quantitative estimate of drug-likeness (QED) is 0.242. The first-order valence-electron chi connectivity index (χ1n) is 16.7. The van der Waals surface area contributed by atoms with E-state index in [4.69, 9.17) is 23.4 Å². The molecule has 2 aromatic heterocycles. The first kappa shape index (κ1) is 31.0. The first-order valence-corrected chi connectivity index (χ1v) is 16.7. The Kier molecular flexibility index (Phi) is 7.36. The van der Waals surface area contributed by atoms with Crippen molar-refractivity contribution >= 4 is 5.97 Å². The number of aliphatic hydroxyl groups excluding tert-OH is 1. The van der Waals surface area contributed by atoms with Crippen LogP contribution < -0.4 is 10.4 Å². The van der Waals surface area contributed by atoms with E-state index in [-0.39, 0.29) is 29.1 Å². The molecule has 0 radical (unpaired) electrons. The molecular weight excluding hydrogens is 610 g/mol. The van der Waals surface area contributed by atoms with Gasteiger partial charge < -0.3 is 28.5 Å². The molecule has 4 heterocycles. The second kappa shape index (κ2) is 11.4. The van der Waals surface area contributed by atoms with Crippen LogP contribution in [-0.4, -0.2) is 40.5 Å². The van der Waals surface area contributed by atoms with Crippen molar-refractivity contribution in [3.8, 4) is 17.1 Å². The smallest absolute Gasteiger partial charge is 0.345 e. The van der Waals surface area contributed by atoms with Gasteiger partial charge in [-0.15, -0.1) is 0 Å². The number of pyridine rings is 1. The lowest BCUT2D eigenvalue weighted by molar-refractivity contribution is -0.330. The van der Waals surface area contributed by atoms with Crippen molar-refractivity contribution in [2.75, 3.05) is 6.61 Å². The van der Waals surface area contributed by atoms with Crippen LogP contribution >= 0.6 is 0 Å². The highest BCUT2D eigenvalue weighted by atomic mass is 16.7. The largest absolute Gasteiger partial charge is 0.482 e. The van der Waals surface area contributed by atoms with E-state index >= 15 is 0 Å². The zero-order valence-electron chi connectivity index (χ0n) is 27.2. The van der Waals surface area contributed by atoms with Crippen LogP contribution in [-0.2, 0) is 14.2 Å². The standard InChI is InChI=1S/C39H39NO8/c1-37-17-16-29-38(2,22-44-36(47-29)24-13-8-5-9-14-24)28(37)20-30(46-34(42)23-11-6-4-7-12-23)39(3)33(37)32(41)31-27(48-39)19-26(45-35(31)43)25-15-10-18-40-21-25/h4-15,18-19,21,28-30,32-33,36,41H,16-17,20,22H2,1-3H3/t28-,29+,30+,32+,33-,36-,37+,38+,39-/m1/s1. The second-order valence-electron chi connectivity index (χ2n) is 14.4. The Morgan fingerprint density at radius 3 is 2.46 bits per heavy atom. The van der Waals surface area contributed by atoms with E-state index in [1.165, 1.54) is 0 Å². The summed E-state index contributed by atoms with van der Waals surface area (Å²) in [4.78, 5) is 31.5. The fourth-order valence-corrected chi connectivity index (χ4v) is 9.41. The third-order valence-corrected chi connectivity index (χ3v) is 11.7. The maximum Gasteiger partial charge on any atom is 0.345 e. The maximum absolute atomic E-state index is 13.7. The number of hydrogen-bond donors (Lipinski definition) is 1. The normalized spacial score (nSPS) is 35.2. The highest BCUT2D eigenvalue weighted by Crippen LogP contribution is 2.68. The molecule has 2 aliphatic carbocycles. The van der Waals surface area contributed by atoms with Crippen LogP contribution in [0.1, 0.15) is 73.9 Å². The van der Waals surface area contributed by atoms with Gasteiger partial charge in [-0.05, 0) is 61.8 Å². The molecule has 0 spiro atoms. The number of esters is 1. The van der Waals surface area contributed by atoms with Crippen molar-refractivity contribution < 1.29 is 33.3 Å². The molecule has 2 saturated carbocycles. The van der Waals surface area contributed by atoms with Crippen molar-refractivity contribution in [2.24, 2.45) is 22.7 Å². The monoisotopic (exact) mass is 649 g/mol. The van der Waals surface area contributed by atoms with Crippen LogP contribution in [0.2, 0.25) is 0 Å².